The van der Waals surface area contributed by atoms with E-state index in [1.165, 1.54) is 5.69 Å². The first-order chi connectivity index (χ1) is 9.20. The second kappa shape index (κ2) is 6.70. The second-order valence-corrected chi connectivity index (χ2v) is 5.27. The molecule has 2 rings (SSSR count). The van der Waals surface area contributed by atoms with Gasteiger partial charge in [-0.3, -0.25) is 9.48 Å². The number of amides is 1. The average Bonchev–Trinajstić information content (AvgIpc) is 2.98. The van der Waals surface area contributed by atoms with Gasteiger partial charge >= 0.3 is 0 Å². The molecule has 1 saturated heterocycles. The SMILES string of the molecule is CCCn1nccc1CNC(C)CN1CCCC1=O. The maximum atomic E-state index is 11.6. The predicted molar refractivity (Wildman–Crippen MR) is 74.6 cm³/mol. The molecule has 5 nitrogen and oxygen atoms in total. The fourth-order valence-electron chi connectivity index (χ4n) is 2.49. The Hall–Kier alpha value is -1.36. The van der Waals surface area contributed by atoms with E-state index in [0.717, 1.165) is 45.4 Å². The van der Waals surface area contributed by atoms with Crippen molar-refractivity contribution in [2.75, 3.05) is 13.1 Å². The quantitative estimate of drug-likeness (QED) is 0.810. The topological polar surface area (TPSA) is 50.2 Å². The van der Waals surface area contributed by atoms with Crippen LogP contribution in [-0.2, 0) is 17.9 Å². The zero-order valence-corrected chi connectivity index (χ0v) is 11.9. The fourth-order valence-corrected chi connectivity index (χ4v) is 2.49. The van der Waals surface area contributed by atoms with E-state index in [4.69, 9.17) is 0 Å². The van der Waals surface area contributed by atoms with Crippen LogP contribution in [0.25, 0.3) is 0 Å². The van der Waals surface area contributed by atoms with Crippen LogP contribution in [0.4, 0.5) is 0 Å². The Labute approximate surface area is 115 Å². The lowest BCUT2D eigenvalue weighted by Crippen LogP contribution is -2.39. The van der Waals surface area contributed by atoms with E-state index < -0.39 is 0 Å². The van der Waals surface area contributed by atoms with Crippen molar-refractivity contribution in [2.24, 2.45) is 0 Å². The highest BCUT2D eigenvalue weighted by atomic mass is 16.2. The van der Waals surface area contributed by atoms with Crippen molar-refractivity contribution in [1.82, 2.24) is 20.0 Å². The number of hydrogen-bond donors (Lipinski definition) is 1. The molecule has 1 aliphatic heterocycles. The Bertz CT molecular complexity index is 415. The summed E-state index contributed by atoms with van der Waals surface area (Å²) in [7, 11) is 0. The number of hydrogen-bond acceptors (Lipinski definition) is 3. The molecule has 1 fully saturated rings. The van der Waals surface area contributed by atoms with Crippen LogP contribution in [0.15, 0.2) is 12.3 Å². The molecule has 19 heavy (non-hydrogen) atoms. The van der Waals surface area contributed by atoms with E-state index in [0.29, 0.717) is 11.9 Å². The minimum atomic E-state index is 0.296. The number of nitrogens with one attached hydrogen (secondary N) is 1. The van der Waals surface area contributed by atoms with E-state index in [-0.39, 0.29) is 0 Å². The van der Waals surface area contributed by atoms with Crippen molar-refractivity contribution in [3.8, 4) is 0 Å². The normalized spacial score (nSPS) is 17.2. The first-order valence-electron chi connectivity index (χ1n) is 7.22. The predicted octanol–water partition coefficient (Wildman–Crippen LogP) is 1.39. The molecule has 1 aromatic heterocycles. The van der Waals surface area contributed by atoms with Gasteiger partial charge in [0.15, 0.2) is 0 Å². The third kappa shape index (κ3) is 3.80. The molecule has 0 aliphatic carbocycles. The molecule has 1 N–H and O–H groups in total. The van der Waals surface area contributed by atoms with E-state index in [1.54, 1.807) is 0 Å². The summed E-state index contributed by atoms with van der Waals surface area (Å²) in [6, 6.07) is 2.36. The average molecular weight is 264 g/mol. The third-order valence-corrected chi connectivity index (χ3v) is 3.54. The highest BCUT2D eigenvalue weighted by molar-refractivity contribution is 5.78. The number of aryl methyl sites for hydroxylation is 1. The van der Waals surface area contributed by atoms with Crippen molar-refractivity contribution >= 4 is 5.91 Å². The summed E-state index contributed by atoms with van der Waals surface area (Å²) in [5.74, 6) is 0.296. The Morgan fingerprint density at radius 1 is 1.53 bits per heavy atom. The first-order valence-corrected chi connectivity index (χ1v) is 7.22. The summed E-state index contributed by atoms with van der Waals surface area (Å²) >= 11 is 0. The van der Waals surface area contributed by atoms with Crippen LogP contribution < -0.4 is 5.32 Å². The van der Waals surface area contributed by atoms with Gasteiger partial charge in [0.1, 0.15) is 0 Å². The summed E-state index contributed by atoms with van der Waals surface area (Å²) in [6.07, 6.45) is 4.67. The third-order valence-electron chi connectivity index (χ3n) is 3.54. The van der Waals surface area contributed by atoms with Gasteiger partial charge in [-0.05, 0) is 25.8 Å². The Kier molecular flexibility index (Phi) is 4.96. The summed E-state index contributed by atoms with van der Waals surface area (Å²) < 4.78 is 2.04. The maximum Gasteiger partial charge on any atom is 0.222 e. The molecule has 106 valence electrons. The summed E-state index contributed by atoms with van der Waals surface area (Å²) in [6.45, 7) is 7.78. The maximum absolute atomic E-state index is 11.6. The van der Waals surface area contributed by atoms with Gasteiger partial charge in [-0.25, -0.2) is 0 Å². The van der Waals surface area contributed by atoms with Crippen LogP contribution in [-0.4, -0.2) is 39.7 Å². The standard InChI is InChI=1S/C14H24N4O/c1-3-8-18-13(6-7-16-18)10-15-12(2)11-17-9-4-5-14(17)19/h6-7,12,15H,3-5,8-11H2,1-2H3. The van der Waals surface area contributed by atoms with Gasteiger partial charge in [0.05, 0.1) is 5.69 Å². The highest BCUT2D eigenvalue weighted by Crippen LogP contribution is 2.10. The highest BCUT2D eigenvalue weighted by Gasteiger charge is 2.21. The number of carbonyl (C=O) groups excluding carboxylic acids is 1. The Balaban J connectivity index is 1.78. The van der Waals surface area contributed by atoms with E-state index in [9.17, 15) is 4.79 Å². The molecule has 0 spiro atoms. The van der Waals surface area contributed by atoms with Gasteiger partial charge in [0, 0.05) is 44.8 Å². The van der Waals surface area contributed by atoms with Gasteiger partial charge < -0.3 is 10.2 Å². The van der Waals surface area contributed by atoms with E-state index in [2.05, 4.69) is 30.3 Å². The van der Waals surface area contributed by atoms with Crippen molar-refractivity contribution in [2.45, 2.75) is 52.2 Å². The van der Waals surface area contributed by atoms with Gasteiger partial charge in [0.2, 0.25) is 5.91 Å². The smallest absolute Gasteiger partial charge is 0.222 e. The van der Waals surface area contributed by atoms with Crippen LogP contribution >= 0.6 is 0 Å². The lowest BCUT2D eigenvalue weighted by molar-refractivity contribution is -0.127. The molecule has 1 aromatic rings. The van der Waals surface area contributed by atoms with Gasteiger partial charge in [-0.1, -0.05) is 6.92 Å². The molecule has 2 heterocycles. The summed E-state index contributed by atoms with van der Waals surface area (Å²) in [5, 5.41) is 7.79. The minimum absolute atomic E-state index is 0.296. The van der Waals surface area contributed by atoms with E-state index >= 15 is 0 Å². The summed E-state index contributed by atoms with van der Waals surface area (Å²) in [5.41, 5.74) is 1.21. The van der Waals surface area contributed by atoms with Gasteiger partial charge in [-0.15, -0.1) is 0 Å². The Morgan fingerprint density at radius 3 is 3.05 bits per heavy atom. The second-order valence-electron chi connectivity index (χ2n) is 5.27. The monoisotopic (exact) mass is 264 g/mol. The molecular formula is C14H24N4O. The van der Waals surface area contributed by atoms with Crippen molar-refractivity contribution in [3.05, 3.63) is 18.0 Å². The molecule has 0 saturated carbocycles. The Morgan fingerprint density at radius 2 is 2.37 bits per heavy atom. The molecular weight excluding hydrogens is 240 g/mol. The minimum Gasteiger partial charge on any atom is -0.341 e. The first kappa shape index (κ1) is 14.1. The number of rotatable bonds is 7. The lowest BCUT2D eigenvalue weighted by atomic mass is 10.3. The van der Waals surface area contributed by atoms with Crippen LogP contribution in [0.5, 0.6) is 0 Å². The van der Waals surface area contributed by atoms with Gasteiger partial charge in [-0.2, -0.15) is 5.10 Å². The van der Waals surface area contributed by atoms with Crippen molar-refractivity contribution < 1.29 is 4.79 Å². The van der Waals surface area contributed by atoms with E-state index in [1.807, 2.05) is 15.8 Å². The van der Waals surface area contributed by atoms with Crippen LogP contribution in [0.1, 0.15) is 38.8 Å². The molecule has 5 heteroatoms. The fraction of sp³-hybridized carbons (Fsp3) is 0.714. The number of nitrogens with zero attached hydrogens (tertiary/aromatic N) is 3. The largest absolute Gasteiger partial charge is 0.341 e. The number of likely N-dealkylation sites (tertiary alicyclic amines) is 1. The molecule has 0 radical (unpaired) electrons. The lowest BCUT2D eigenvalue weighted by Gasteiger charge is -2.21. The molecule has 0 aromatic carbocycles. The van der Waals surface area contributed by atoms with Gasteiger partial charge in [0.25, 0.3) is 0 Å². The van der Waals surface area contributed by atoms with Crippen molar-refractivity contribution in [1.29, 1.82) is 0 Å². The molecule has 0 bridgehead atoms. The van der Waals surface area contributed by atoms with Crippen LogP contribution in [0.2, 0.25) is 0 Å². The molecule has 1 aliphatic rings. The van der Waals surface area contributed by atoms with Crippen LogP contribution in [0, 0.1) is 0 Å². The number of aromatic nitrogens is 2. The number of carbonyl (C=O) groups is 1. The summed E-state index contributed by atoms with van der Waals surface area (Å²) in [4.78, 5) is 13.5. The van der Waals surface area contributed by atoms with Crippen molar-refractivity contribution in [3.63, 3.8) is 0 Å². The molecule has 1 atom stereocenters. The molecule has 1 unspecified atom stereocenters. The molecule has 1 amide bonds. The zero-order valence-electron chi connectivity index (χ0n) is 11.9. The van der Waals surface area contributed by atoms with Crippen LogP contribution in [0.3, 0.4) is 0 Å². The zero-order chi connectivity index (χ0) is 13.7.